The highest BCUT2D eigenvalue weighted by Gasteiger charge is 2.35. The van der Waals surface area contributed by atoms with Crippen molar-refractivity contribution in [3.05, 3.63) is 100 Å². The molecule has 0 radical (unpaired) electrons. The summed E-state index contributed by atoms with van der Waals surface area (Å²) in [4.78, 5) is 28.1. The number of ether oxygens (including phenoxy) is 2. The van der Waals surface area contributed by atoms with E-state index in [9.17, 15) is 9.59 Å². The maximum Gasteiger partial charge on any atom is 0.255 e. The summed E-state index contributed by atoms with van der Waals surface area (Å²) in [7, 11) is 1.56. The lowest BCUT2D eigenvalue weighted by Gasteiger charge is -2.28. The summed E-state index contributed by atoms with van der Waals surface area (Å²) in [6.45, 7) is 8.23. The van der Waals surface area contributed by atoms with Gasteiger partial charge in [-0.2, -0.15) is 0 Å². The summed E-state index contributed by atoms with van der Waals surface area (Å²) >= 11 is 6.01. The molecule has 1 heterocycles. The van der Waals surface area contributed by atoms with Crippen molar-refractivity contribution in [1.29, 1.82) is 0 Å². The first-order valence-electron chi connectivity index (χ1n) is 11.3. The molecule has 7 heteroatoms. The van der Waals surface area contributed by atoms with Gasteiger partial charge >= 0.3 is 0 Å². The number of hydrogen-bond acceptors (Lipinski definition) is 4. The molecule has 0 bridgehead atoms. The van der Waals surface area contributed by atoms with Crippen molar-refractivity contribution in [3.8, 4) is 11.5 Å². The van der Waals surface area contributed by atoms with Crippen LogP contribution in [-0.2, 0) is 11.3 Å². The van der Waals surface area contributed by atoms with Crippen molar-refractivity contribution in [2.45, 2.75) is 32.9 Å². The Morgan fingerprint density at radius 2 is 2.03 bits per heavy atom. The summed E-state index contributed by atoms with van der Waals surface area (Å²) in [5.41, 5.74) is 5.42. The highest BCUT2D eigenvalue weighted by Crippen LogP contribution is 2.37. The Hall–Kier alpha value is -3.73. The molecule has 2 amide bonds. The van der Waals surface area contributed by atoms with Crippen LogP contribution in [0.5, 0.6) is 11.5 Å². The van der Waals surface area contributed by atoms with E-state index in [2.05, 4.69) is 17.6 Å². The van der Waals surface area contributed by atoms with Gasteiger partial charge in [-0.3, -0.25) is 9.59 Å². The lowest BCUT2D eigenvalue weighted by atomic mass is 10.0. The van der Waals surface area contributed by atoms with E-state index in [-0.39, 0.29) is 18.2 Å². The minimum atomic E-state index is -0.534. The molecule has 0 saturated carbocycles. The third kappa shape index (κ3) is 6.24. The van der Waals surface area contributed by atoms with Crippen LogP contribution in [0.3, 0.4) is 0 Å². The van der Waals surface area contributed by atoms with Gasteiger partial charge in [0.15, 0.2) is 11.5 Å². The SMILES string of the molecule is C=C=C(/C=C\C(Cl)=C/C)NC(=O)CC(c1ccc(OCC)c(OC)c1)N1Cc2ccccc2C1=O. The van der Waals surface area contributed by atoms with Crippen molar-refractivity contribution in [1.82, 2.24) is 10.2 Å². The Kier molecular flexibility index (Phi) is 8.96. The summed E-state index contributed by atoms with van der Waals surface area (Å²) < 4.78 is 11.2. The van der Waals surface area contributed by atoms with Crippen LogP contribution < -0.4 is 14.8 Å². The molecule has 2 aromatic rings. The fourth-order valence-corrected chi connectivity index (χ4v) is 3.95. The molecule has 0 spiro atoms. The number of rotatable bonds is 10. The number of halogens is 1. The lowest BCUT2D eigenvalue weighted by Crippen LogP contribution is -2.34. The summed E-state index contributed by atoms with van der Waals surface area (Å²) in [6, 6.07) is 12.4. The molecule has 1 unspecified atom stereocenters. The molecule has 0 saturated heterocycles. The van der Waals surface area contributed by atoms with E-state index in [1.165, 1.54) is 0 Å². The molecule has 1 atom stereocenters. The first kappa shape index (κ1) is 25.9. The van der Waals surface area contributed by atoms with E-state index < -0.39 is 6.04 Å². The number of benzene rings is 2. The van der Waals surface area contributed by atoms with Gasteiger partial charge in [0.2, 0.25) is 5.91 Å². The average molecular weight is 493 g/mol. The van der Waals surface area contributed by atoms with Crippen molar-refractivity contribution in [3.63, 3.8) is 0 Å². The van der Waals surface area contributed by atoms with Gasteiger partial charge in [-0.15, -0.1) is 5.73 Å². The zero-order valence-corrected chi connectivity index (χ0v) is 20.9. The number of methoxy groups -OCH3 is 1. The van der Waals surface area contributed by atoms with Crippen molar-refractivity contribution >= 4 is 23.4 Å². The topological polar surface area (TPSA) is 67.9 Å². The van der Waals surface area contributed by atoms with E-state index in [4.69, 9.17) is 21.1 Å². The standard InChI is InChI=1S/C28H29ClN2O4/c1-5-21(29)13-14-22(6-2)30-27(32)17-24(19-12-15-25(35-7-3)26(16-19)34-4)31-18-20-10-8-9-11-23(20)28(31)33/h5,8-16,24H,2,7,17-18H2,1,3-4H3,(H,30,32)/b14-13-,21-5+. The largest absolute Gasteiger partial charge is 0.493 e. The maximum atomic E-state index is 13.3. The number of hydrogen-bond donors (Lipinski definition) is 1. The highest BCUT2D eigenvalue weighted by molar-refractivity contribution is 6.31. The first-order chi connectivity index (χ1) is 16.9. The van der Waals surface area contributed by atoms with Gasteiger partial charge in [0, 0.05) is 17.1 Å². The number of amides is 2. The van der Waals surface area contributed by atoms with Crippen LogP contribution >= 0.6 is 11.6 Å². The second kappa shape index (κ2) is 12.1. The first-order valence-corrected chi connectivity index (χ1v) is 11.7. The molecule has 0 aliphatic carbocycles. The van der Waals surface area contributed by atoms with Gasteiger partial charge in [-0.1, -0.05) is 48.5 Å². The zero-order chi connectivity index (χ0) is 25.4. The number of fused-ring (bicyclic) bond motifs is 1. The predicted molar refractivity (Wildman–Crippen MR) is 137 cm³/mol. The average Bonchev–Trinajstić information content (AvgIpc) is 3.21. The molecular weight excluding hydrogens is 464 g/mol. The molecule has 1 aliphatic heterocycles. The number of nitrogens with zero attached hydrogens (tertiary/aromatic N) is 1. The van der Waals surface area contributed by atoms with E-state index >= 15 is 0 Å². The van der Waals surface area contributed by atoms with Gasteiger partial charge in [0.1, 0.15) is 0 Å². The Morgan fingerprint density at radius 3 is 2.69 bits per heavy atom. The van der Waals surface area contributed by atoms with E-state index in [0.29, 0.717) is 40.9 Å². The second-order valence-corrected chi connectivity index (χ2v) is 8.24. The molecule has 35 heavy (non-hydrogen) atoms. The van der Waals surface area contributed by atoms with Crippen LogP contribution in [0.1, 0.15) is 47.8 Å². The molecule has 0 fully saturated rings. The molecule has 182 valence electrons. The summed E-state index contributed by atoms with van der Waals surface area (Å²) in [5.74, 6) is 0.722. The molecule has 1 aliphatic rings. The van der Waals surface area contributed by atoms with Crippen LogP contribution in [-0.4, -0.2) is 30.4 Å². The van der Waals surface area contributed by atoms with Crippen LogP contribution in [0.2, 0.25) is 0 Å². The predicted octanol–water partition coefficient (Wildman–Crippen LogP) is 5.66. The fraction of sp³-hybridized carbons (Fsp3) is 0.250. The molecule has 1 N–H and O–H groups in total. The third-order valence-corrected chi connectivity index (χ3v) is 5.97. The van der Waals surface area contributed by atoms with Crippen molar-refractivity contribution in [2.75, 3.05) is 13.7 Å². The normalized spacial score (nSPS) is 13.9. The molecule has 3 rings (SSSR count). The van der Waals surface area contributed by atoms with Gasteiger partial charge in [0.25, 0.3) is 5.91 Å². The monoisotopic (exact) mass is 492 g/mol. The van der Waals surface area contributed by atoms with E-state index in [0.717, 1.165) is 11.1 Å². The maximum absolute atomic E-state index is 13.3. The Morgan fingerprint density at radius 1 is 1.26 bits per heavy atom. The quantitative estimate of drug-likeness (QED) is 0.343. The zero-order valence-electron chi connectivity index (χ0n) is 20.1. The number of allylic oxidation sites excluding steroid dienone is 4. The molecule has 0 aromatic heterocycles. The molecular formula is C28H29ClN2O4. The highest BCUT2D eigenvalue weighted by atomic mass is 35.5. The van der Waals surface area contributed by atoms with Crippen LogP contribution in [0.25, 0.3) is 0 Å². The summed E-state index contributed by atoms with van der Waals surface area (Å²) in [5, 5.41) is 3.32. The number of carbonyl (C=O) groups is 2. The Labute approximate surface area is 211 Å². The minimum Gasteiger partial charge on any atom is -0.493 e. The van der Waals surface area contributed by atoms with Gasteiger partial charge in [-0.25, -0.2) is 0 Å². The minimum absolute atomic E-state index is 0.0211. The Balaban J connectivity index is 1.92. The van der Waals surface area contributed by atoms with Gasteiger partial charge in [0.05, 0.1) is 31.9 Å². The number of nitrogens with one attached hydrogen (secondary N) is 1. The summed E-state index contributed by atoms with van der Waals surface area (Å²) in [6.07, 6.45) is 5.02. The Bertz CT molecular complexity index is 1210. The van der Waals surface area contributed by atoms with Gasteiger partial charge in [-0.05, 0) is 55.3 Å². The van der Waals surface area contributed by atoms with Crippen LogP contribution in [0, 0.1) is 0 Å². The third-order valence-electron chi connectivity index (χ3n) is 5.63. The van der Waals surface area contributed by atoms with Gasteiger partial charge < -0.3 is 19.7 Å². The van der Waals surface area contributed by atoms with Crippen molar-refractivity contribution < 1.29 is 19.1 Å². The van der Waals surface area contributed by atoms with E-state index in [1.807, 2.05) is 50.2 Å². The second-order valence-electron chi connectivity index (χ2n) is 7.80. The number of carbonyl (C=O) groups excluding carboxylic acids is 2. The van der Waals surface area contributed by atoms with Crippen LogP contribution in [0.4, 0.5) is 0 Å². The fourth-order valence-electron chi connectivity index (χ4n) is 3.88. The van der Waals surface area contributed by atoms with E-state index in [1.54, 1.807) is 36.3 Å². The van der Waals surface area contributed by atoms with Crippen LogP contribution in [0.15, 0.2) is 83.7 Å². The molecule has 6 nitrogen and oxygen atoms in total. The molecule has 2 aromatic carbocycles. The van der Waals surface area contributed by atoms with Crippen molar-refractivity contribution in [2.24, 2.45) is 0 Å². The lowest BCUT2D eigenvalue weighted by molar-refractivity contribution is -0.121. The smallest absolute Gasteiger partial charge is 0.255 e.